The number of benzene rings is 3. The molecule has 0 unspecified atom stereocenters. The highest BCUT2D eigenvalue weighted by atomic mass is 16.5. The van der Waals surface area contributed by atoms with Crippen molar-refractivity contribution in [3.8, 4) is 5.75 Å². The highest BCUT2D eigenvalue weighted by Gasteiger charge is 2.22. The Hall–Kier alpha value is -4.86. The number of para-hydroxylation sites is 2. The van der Waals surface area contributed by atoms with E-state index in [-0.39, 0.29) is 37.4 Å². The van der Waals surface area contributed by atoms with Crippen LogP contribution in [0.3, 0.4) is 0 Å². The van der Waals surface area contributed by atoms with Crippen molar-refractivity contribution in [1.82, 2.24) is 5.32 Å². The number of likely N-dealkylation sites (N-methyl/N-ethyl adjacent to an activating group) is 1. The Kier molecular flexibility index (Phi) is 12.3. The second kappa shape index (κ2) is 16.1. The molecule has 0 saturated heterocycles. The van der Waals surface area contributed by atoms with Crippen molar-refractivity contribution in [2.24, 2.45) is 5.92 Å². The molecule has 0 aliphatic carbocycles. The zero-order valence-corrected chi connectivity index (χ0v) is 26.3. The molecule has 3 aromatic rings. The minimum atomic E-state index is -0.568. The smallest absolute Gasteiger partial charge is 0.319 e. The Bertz CT molecular complexity index is 1450. The molecule has 3 aromatic carbocycles. The van der Waals surface area contributed by atoms with E-state index in [2.05, 4.69) is 24.5 Å². The minimum absolute atomic E-state index is 0.0753. The van der Waals surface area contributed by atoms with Crippen LogP contribution in [0.15, 0.2) is 66.7 Å². The summed E-state index contributed by atoms with van der Waals surface area (Å²) in [5, 5.41) is 5.31. The maximum atomic E-state index is 13.5. The number of hydrogen-bond acceptors (Lipinski definition) is 6. The fraction of sp³-hybridized carbons (Fsp3) is 0.353. The first-order valence-electron chi connectivity index (χ1n) is 14.5. The molecule has 0 aliphatic rings. The normalized spacial score (nSPS) is 10.6. The fourth-order valence-electron chi connectivity index (χ4n) is 4.52. The lowest BCUT2D eigenvalue weighted by molar-refractivity contribution is -0.139. The van der Waals surface area contributed by atoms with Crippen LogP contribution < -0.4 is 25.2 Å². The van der Waals surface area contributed by atoms with Gasteiger partial charge in [0.15, 0.2) is 6.61 Å². The van der Waals surface area contributed by atoms with Crippen molar-refractivity contribution in [1.29, 1.82) is 0 Å². The van der Waals surface area contributed by atoms with Crippen molar-refractivity contribution in [2.75, 3.05) is 49.0 Å². The fourth-order valence-corrected chi connectivity index (χ4v) is 4.52. The van der Waals surface area contributed by atoms with Crippen LogP contribution in [0.25, 0.3) is 0 Å². The Labute approximate surface area is 259 Å². The molecule has 0 radical (unpaired) electrons. The summed E-state index contributed by atoms with van der Waals surface area (Å²) in [6.07, 6.45) is 0.791. The standard InChI is InChI=1S/C34H42N4O6/c1-23(2)14-15-38(31(39)21-35-34(42)36-27-11-9-10-26(19-27)20-33(41)43-6)29-12-7-8-13-30(29)44-22-32(40)37(5)28-17-24(3)16-25(4)18-28/h7-13,16-19,23H,14-15,20-22H2,1-6H3,(H2,35,36,42). The molecule has 0 aromatic heterocycles. The molecule has 0 heterocycles. The lowest BCUT2D eigenvalue weighted by Gasteiger charge is -2.26. The van der Waals surface area contributed by atoms with Gasteiger partial charge in [-0.3, -0.25) is 14.4 Å². The topological polar surface area (TPSA) is 117 Å². The molecule has 10 nitrogen and oxygen atoms in total. The molecule has 0 aliphatic heterocycles. The summed E-state index contributed by atoms with van der Waals surface area (Å²) < 4.78 is 10.7. The van der Waals surface area contributed by atoms with Gasteiger partial charge in [0.25, 0.3) is 5.91 Å². The van der Waals surface area contributed by atoms with E-state index in [4.69, 9.17) is 9.47 Å². The van der Waals surface area contributed by atoms with Gasteiger partial charge in [-0.05, 0) is 79.3 Å². The van der Waals surface area contributed by atoms with Crippen LogP contribution in [-0.4, -0.2) is 57.7 Å². The number of anilines is 3. The van der Waals surface area contributed by atoms with Gasteiger partial charge in [-0.25, -0.2) is 4.79 Å². The number of carbonyl (C=O) groups is 4. The predicted octanol–water partition coefficient (Wildman–Crippen LogP) is 5.26. The van der Waals surface area contributed by atoms with Gasteiger partial charge in [0.1, 0.15) is 5.75 Å². The number of rotatable bonds is 13. The first kappa shape index (κ1) is 33.6. The molecule has 234 valence electrons. The Morgan fingerprint density at radius 3 is 2.27 bits per heavy atom. The summed E-state index contributed by atoms with van der Waals surface area (Å²) in [6, 6.07) is 19.2. The minimum Gasteiger partial charge on any atom is -0.482 e. The highest BCUT2D eigenvalue weighted by molar-refractivity contribution is 5.99. The van der Waals surface area contributed by atoms with Crippen LogP contribution in [0.1, 0.15) is 37.0 Å². The molecular formula is C34H42N4O6. The van der Waals surface area contributed by atoms with Crippen LogP contribution in [0.4, 0.5) is 21.9 Å². The van der Waals surface area contributed by atoms with E-state index in [0.717, 1.165) is 16.8 Å². The molecule has 0 fully saturated rings. The lowest BCUT2D eigenvalue weighted by Crippen LogP contribution is -2.42. The third-order valence-corrected chi connectivity index (χ3v) is 6.87. The van der Waals surface area contributed by atoms with Gasteiger partial charge in [-0.2, -0.15) is 0 Å². The summed E-state index contributed by atoms with van der Waals surface area (Å²) in [7, 11) is 3.02. The summed E-state index contributed by atoms with van der Waals surface area (Å²) >= 11 is 0. The van der Waals surface area contributed by atoms with Gasteiger partial charge in [0.05, 0.1) is 25.8 Å². The molecule has 3 rings (SSSR count). The number of methoxy groups -OCH3 is 1. The van der Waals surface area contributed by atoms with E-state index in [9.17, 15) is 19.2 Å². The molecule has 4 amide bonds. The van der Waals surface area contributed by atoms with Crippen molar-refractivity contribution in [3.63, 3.8) is 0 Å². The number of carbonyl (C=O) groups excluding carboxylic acids is 4. The Morgan fingerprint density at radius 2 is 1.59 bits per heavy atom. The third-order valence-electron chi connectivity index (χ3n) is 6.87. The van der Waals surface area contributed by atoms with Crippen LogP contribution in [0.2, 0.25) is 0 Å². The van der Waals surface area contributed by atoms with Gasteiger partial charge in [0.2, 0.25) is 5.91 Å². The first-order chi connectivity index (χ1) is 21.0. The zero-order chi connectivity index (χ0) is 32.2. The Morgan fingerprint density at radius 1 is 0.886 bits per heavy atom. The maximum Gasteiger partial charge on any atom is 0.319 e. The molecular weight excluding hydrogens is 560 g/mol. The summed E-state index contributed by atoms with van der Waals surface area (Å²) in [5.41, 5.74) is 4.55. The van der Waals surface area contributed by atoms with E-state index in [1.165, 1.54) is 7.11 Å². The van der Waals surface area contributed by atoms with Crippen molar-refractivity contribution < 1.29 is 28.7 Å². The molecule has 2 N–H and O–H groups in total. The number of nitrogens with one attached hydrogen (secondary N) is 2. The average Bonchev–Trinajstić information content (AvgIpc) is 2.98. The van der Waals surface area contributed by atoms with Crippen LogP contribution in [0, 0.1) is 19.8 Å². The molecule has 0 bridgehead atoms. The second-order valence-electron chi connectivity index (χ2n) is 11.0. The van der Waals surface area contributed by atoms with E-state index in [1.807, 2.05) is 32.0 Å². The first-order valence-corrected chi connectivity index (χ1v) is 14.5. The second-order valence-corrected chi connectivity index (χ2v) is 11.0. The van der Waals surface area contributed by atoms with Gasteiger partial charge >= 0.3 is 12.0 Å². The summed E-state index contributed by atoms with van der Waals surface area (Å²) in [4.78, 5) is 53.9. The predicted molar refractivity (Wildman–Crippen MR) is 172 cm³/mol. The lowest BCUT2D eigenvalue weighted by atomic mass is 10.1. The molecule has 0 saturated carbocycles. The van der Waals surface area contributed by atoms with E-state index >= 15 is 0 Å². The number of urea groups is 1. The van der Waals surface area contributed by atoms with E-state index in [1.54, 1.807) is 65.4 Å². The quantitative estimate of drug-likeness (QED) is 0.258. The van der Waals surface area contributed by atoms with E-state index < -0.39 is 6.03 Å². The van der Waals surface area contributed by atoms with Gasteiger partial charge in [-0.1, -0.05) is 44.2 Å². The molecule has 0 atom stereocenters. The van der Waals surface area contributed by atoms with E-state index in [0.29, 0.717) is 41.6 Å². The van der Waals surface area contributed by atoms with Crippen LogP contribution in [-0.2, 0) is 25.5 Å². The third kappa shape index (κ3) is 10.1. The van der Waals surface area contributed by atoms with Crippen molar-refractivity contribution in [2.45, 2.75) is 40.5 Å². The largest absolute Gasteiger partial charge is 0.482 e. The molecule has 44 heavy (non-hydrogen) atoms. The summed E-state index contributed by atoms with van der Waals surface area (Å²) in [5.74, 6) is -0.256. The zero-order valence-electron chi connectivity index (χ0n) is 26.3. The number of hydrogen-bond donors (Lipinski definition) is 2. The van der Waals surface area contributed by atoms with Gasteiger partial charge in [-0.15, -0.1) is 0 Å². The number of amides is 4. The van der Waals surface area contributed by atoms with Crippen LogP contribution >= 0.6 is 0 Å². The SMILES string of the molecule is COC(=O)Cc1cccc(NC(=O)NCC(=O)N(CCC(C)C)c2ccccc2OCC(=O)N(C)c2cc(C)cc(C)c2)c1. The summed E-state index contributed by atoms with van der Waals surface area (Å²) in [6.45, 7) is 7.99. The highest BCUT2D eigenvalue weighted by Crippen LogP contribution is 2.29. The number of ether oxygens (including phenoxy) is 2. The number of esters is 1. The maximum absolute atomic E-state index is 13.5. The number of aryl methyl sites for hydroxylation is 2. The molecule has 10 heteroatoms. The van der Waals surface area contributed by atoms with Gasteiger partial charge in [0, 0.05) is 25.0 Å². The van der Waals surface area contributed by atoms with Crippen molar-refractivity contribution in [3.05, 3.63) is 83.4 Å². The van der Waals surface area contributed by atoms with Gasteiger partial charge < -0.3 is 29.9 Å². The number of nitrogens with zero attached hydrogens (tertiary/aromatic N) is 2. The van der Waals surface area contributed by atoms with Crippen LogP contribution in [0.5, 0.6) is 5.75 Å². The Balaban J connectivity index is 1.68. The monoisotopic (exact) mass is 602 g/mol. The average molecular weight is 603 g/mol. The molecule has 0 spiro atoms. The van der Waals surface area contributed by atoms with Crippen molar-refractivity contribution >= 4 is 40.9 Å².